The van der Waals surface area contributed by atoms with Crippen LogP contribution in [-0.2, 0) is 20.9 Å². The lowest BCUT2D eigenvalue weighted by atomic mass is 10.2. The van der Waals surface area contributed by atoms with Gasteiger partial charge in [-0.15, -0.1) is 0 Å². The van der Waals surface area contributed by atoms with Gasteiger partial charge in [0.25, 0.3) is 11.8 Å². The Morgan fingerprint density at radius 3 is 2.78 bits per heavy atom. The summed E-state index contributed by atoms with van der Waals surface area (Å²) < 4.78 is 22.2. The Bertz CT molecular complexity index is 1030. The molecular formula is C22H22N2O6S2. The molecule has 0 bridgehead atoms. The molecule has 1 aromatic heterocycles. The molecule has 0 unspecified atom stereocenters. The van der Waals surface area contributed by atoms with E-state index in [1.54, 1.807) is 47.6 Å². The minimum atomic E-state index is -0.174. The van der Waals surface area contributed by atoms with Crippen LogP contribution in [0.2, 0.25) is 0 Å². The van der Waals surface area contributed by atoms with Gasteiger partial charge in [-0.3, -0.25) is 14.5 Å². The molecule has 168 valence electrons. The van der Waals surface area contributed by atoms with Gasteiger partial charge < -0.3 is 23.5 Å². The second-order valence-electron chi connectivity index (χ2n) is 7.04. The van der Waals surface area contributed by atoms with Crippen LogP contribution in [0.1, 0.15) is 11.3 Å². The van der Waals surface area contributed by atoms with E-state index < -0.39 is 0 Å². The van der Waals surface area contributed by atoms with Crippen molar-refractivity contribution in [1.82, 2.24) is 9.80 Å². The van der Waals surface area contributed by atoms with Gasteiger partial charge in [0.1, 0.15) is 10.1 Å². The number of methoxy groups -OCH3 is 1. The molecule has 8 nitrogen and oxygen atoms in total. The van der Waals surface area contributed by atoms with Crippen LogP contribution >= 0.6 is 24.0 Å². The highest BCUT2D eigenvalue weighted by Crippen LogP contribution is 2.35. The van der Waals surface area contributed by atoms with Gasteiger partial charge in [0.05, 0.1) is 38.0 Å². The zero-order valence-corrected chi connectivity index (χ0v) is 19.1. The number of morpholine rings is 1. The van der Waals surface area contributed by atoms with Crippen LogP contribution in [0, 0.1) is 0 Å². The van der Waals surface area contributed by atoms with E-state index in [1.807, 2.05) is 0 Å². The van der Waals surface area contributed by atoms with Crippen molar-refractivity contribution in [3.63, 3.8) is 0 Å². The Kier molecular flexibility index (Phi) is 7.13. The summed E-state index contributed by atoms with van der Waals surface area (Å²) in [5, 5.41) is 0. The van der Waals surface area contributed by atoms with Gasteiger partial charge in [0.15, 0.2) is 18.1 Å². The molecule has 2 aromatic rings. The number of furan rings is 1. The maximum Gasteiger partial charge on any atom is 0.266 e. The third-order valence-electron chi connectivity index (χ3n) is 4.97. The zero-order chi connectivity index (χ0) is 22.5. The van der Waals surface area contributed by atoms with Gasteiger partial charge in [-0.2, -0.15) is 0 Å². The average Bonchev–Trinajstić information content (AvgIpc) is 3.42. The fourth-order valence-corrected chi connectivity index (χ4v) is 4.54. The van der Waals surface area contributed by atoms with Crippen molar-refractivity contribution >= 4 is 46.2 Å². The van der Waals surface area contributed by atoms with Crippen molar-refractivity contribution in [3.8, 4) is 11.5 Å². The first kappa shape index (κ1) is 22.4. The molecule has 0 saturated carbocycles. The minimum Gasteiger partial charge on any atom is -0.493 e. The van der Waals surface area contributed by atoms with Gasteiger partial charge in [-0.05, 0) is 35.9 Å². The van der Waals surface area contributed by atoms with Crippen LogP contribution in [0.4, 0.5) is 0 Å². The quantitative estimate of drug-likeness (QED) is 0.448. The van der Waals surface area contributed by atoms with E-state index in [9.17, 15) is 9.59 Å². The number of hydrogen-bond acceptors (Lipinski definition) is 8. The van der Waals surface area contributed by atoms with E-state index in [0.29, 0.717) is 59.3 Å². The van der Waals surface area contributed by atoms with Crippen molar-refractivity contribution < 1.29 is 28.2 Å². The number of thioether (sulfide) groups is 1. The molecule has 10 heteroatoms. The Labute approximate surface area is 195 Å². The molecule has 3 heterocycles. The van der Waals surface area contributed by atoms with E-state index in [1.165, 1.54) is 23.8 Å². The number of rotatable bonds is 7. The fraction of sp³-hybridized carbons (Fsp3) is 0.318. The van der Waals surface area contributed by atoms with Crippen molar-refractivity contribution in [2.75, 3.05) is 40.0 Å². The lowest BCUT2D eigenvalue weighted by Crippen LogP contribution is -2.43. The highest BCUT2D eigenvalue weighted by atomic mass is 32.2. The van der Waals surface area contributed by atoms with Gasteiger partial charge in [-0.25, -0.2) is 0 Å². The number of hydrogen-bond donors (Lipinski definition) is 0. The highest BCUT2D eigenvalue weighted by molar-refractivity contribution is 8.26. The maximum atomic E-state index is 12.8. The van der Waals surface area contributed by atoms with E-state index in [4.69, 9.17) is 30.8 Å². The summed E-state index contributed by atoms with van der Waals surface area (Å²) in [6, 6.07) is 8.85. The van der Waals surface area contributed by atoms with Crippen LogP contribution in [0.3, 0.4) is 0 Å². The number of carbonyl (C=O) groups is 2. The standard InChI is InChI=1S/C22H22N2O6S2/c1-27-18-11-15(4-5-17(18)30-14-20(25)23-6-9-28-10-7-23)12-19-21(26)24(22(31)32-19)13-16-3-2-8-29-16/h2-5,8,11-12H,6-7,9-10,13-14H2,1H3. The van der Waals surface area contributed by atoms with E-state index in [0.717, 1.165) is 5.56 Å². The van der Waals surface area contributed by atoms with Gasteiger partial charge >= 0.3 is 0 Å². The molecule has 32 heavy (non-hydrogen) atoms. The molecule has 2 saturated heterocycles. The molecular weight excluding hydrogens is 452 g/mol. The van der Waals surface area contributed by atoms with Crippen LogP contribution in [0.5, 0.6) is 11.5 Å². The molecule has 1 aromatic carbocycles. The molecule has 0 atom stereocenters. The number of benzene rings is 1. The van der Waals surface area contributed by atoms with E-state index >= 15 is 0 Å². The summed E-state index contributed by atoms with van der Waals surface area (Å²) in [6.45, 7) is 2.42. The summed E-state index contributed by atoms with van der Waals surface area (Å²) in [6.07, 6.45) is 3.32. The summed E-state index contributed by atoms with van der Waals surface area (Å²) in [4.78, 5) is 28.8. The summed E-state index contributed by atoms with van der Waals surface area (Å²) in [7, 11) is 1.53. The lowest BCUT2D eigenvalue weighted by molar-refractivity contribution is -0.137. The van der Waals surface area contributed by atoms with Crippen molar-refractivity contribution in [2.45, 2.75) is 6.54 Å². The Balaban J connectivity index is 1.43. The predicted molar refractivity (Wildman–Crippen MR) is 123 cm³/mol. The molecule has 0 spiro atoms. The molecule has 2 aliphatic rings. The fourth-order valence-electron chi connectivity index (χ4n) is 3.28. The number of ether oxygens (including phenoxy) is 3. The molecule has 2 fully saturated rings. The van der Waals surface area contributed by atoms with Crippen molar-refractivity contribution in [3.05, 3.63) is 52.8 Å². The first-order chi connectivity index (χ1) is 15.5. The third-order valence-corrected chi connectivity index (χ3v) is 6.35. The molecule has 2 aliphatic heterocycles. The predicted octanol–water partition coefficient (Wildman–Crippen LogP) is 2.93. The largest absolute Gasteiger partial charge is 0.493 e. The maximum absolute atomic E-state index is 12.8. The second kappa shape index (κ2) is 10.2. The Hall–Kier alpha value is -2.82. The Morgan fingerprint density at radius 2 is 2.06 bits per heavy atom. The number of amides is 2. The number of thiocarbonyl (C=S) groups is 1. The Morgan fingerprint density at radius 1 is 1.25 bits per heavy atom. The SMILES string of the molecule is COc1cc(C=C2SC(=S)N(Cc3ccco3)C2=O)ccc1OCC(=O)N1CCOCC1. The third kappa shape index (κ3) is 5.14. The summed E-state index contributed by atoms with van der Waals surface area (Å²) in [5.74, 6) is 1.32. The topological polar surface area (TPSA) is 81.4 Å². The van der Waals surface area contributed by atoms with Gasteiger partial charge in [0, 0.05) is 13.1 Å². The lowest BCUT2D eigenvalue weighted by Gasteiger charge is -2.26. The van der Waals surface area contributed by atoms with E-state index in [-0.39, 0.29) is 18.4 Å². The number of carbonyl (C=O) groups excluding carboxylic acids is 2. The smallest absolute Gasteiger partial charge is 0.266 e. The zero-order valence-electron chi connectivity index (χ0n) is 17.4. The van der Waals surface area contributed by atoms with Crippen LogP contribution < -0.4 is 9.47 Å². The van der Waals surface area contributed by atoms with Crippen molar-refractivity contribution in [1.29, 1.82) is 0 Å². The molecule has 0 N–H and O–H groups in total. The molecule has 0 aliphatic carbocycles. The highest BCUT2D eigenvalue weighted by Gasteiger charge is 2.32. The van der Waals surface area contributed by atoms with Crippen LogP contribution in [-0.4, -0.2) is 66.0 Å². The summed E-state index contributed by atoms with van der Waals surface area (Å²) in [5.41, 5.74) is 0.757. The molecule has 0 radical (unpaired) electrons. The monoisotopic (exact) mass is 474 g/mol. The van der Waals surface area contributed by atoms with Crippen LogP contribution in [0.15, 0.2) is 45.9 Å². The second-order valence-corrected chi connectivity index (χ2v) is 8.72. The van der Waals surface area contributed by atoms with E-state index in [2.05, 4.69) is 0 Å². The van der Waals surface area contributed by atoms with Crippen LogP contribution in [0.25, 0.3) is 6.08 Å². The average molecular weight is 475 g/mol. The minimum absolute atomic E-state index is 0.0822. The molecule has 2 amide bonds. The van der Waals surface area contributed by atoms with Crippen molar-refractivity contribution in [2.24, 2.45) is 0 Å². The normalized spacial score (nSPS) is 17.8. The van der Waals surface area contributed by atoms with Gasteiger partial charge in [0.2, 0.25) is 0 Å². The molecule has 4 rings (SSSR count). The van der Waals surface area contributed by atoms with Gasteiger partial charge in [-0.1, -0.05) is 30.0 Å². The summed E-state index contributed by atoms with van der Waals surface area (Å²) >= 11 is 6.60. The first-order valence-electron chi connectivity index (χ1n) is 9.99. The first-order valence-corrected chi connectivity index (χ1v) is 11.2. The number of nitrogens with zero attached hydrogens (tertiary/aromatic N) is 2.